The Bertz CT molecular complexity index is 1310. The van der Waals surface area contributed by atoms with Crippen LogP contribution in [0.4, 0.5) is 24.7 Å². The summed E-state index contributed by atoms with van der Waals surface area (Å²) in [6, 6.07) is 5.24. The van der Waals surface area contributed by atoms with Gasteiger partial charge in [0.25, 0.3) is 5.91 Å². The Morgan fingerprint density at radius 2 is 1.89 bits per heavy atom. The Hall–Kier alpha value is -4.05. The lowest BCUT2D eigenvalue weighted by molar-refractivity contribution is -0.138. The highest BCUT2D eigenvalue weighted by atomic mass is 19.4. The van der Waals surface area contributed by atoms with Crippen LogP contribution >= 0.6 is 0 Å². The van der Waals surface area contributed by atoms with E-state index in [1.54, 1.807) is 0 Å². The van der Waals surface area contributed by atoms with Crippen molar-refractivity contribution in [2.75, 3.05) is 50.4 Å². The van der Waals surface area contributed by atoms with Crippen molar-refractivity contribution in [1.29, 1.82) is 0 Å². The van der Waals surface area contributed by atoms with Crippen molar-refractivity contribution in [3.8, 4) is 11.8 Å². The molecule has 0 bridgehead atoms. The minimum absolute atomic E-state index is 0.0213. The molecule has 1 aliphatic rings. The first-order valence-electron chi connectivity index (χ1n) is 11.8. The fourth-order valence-electron chi connectivity index (χ4n) is 3.73. The number of carbonyl (C=O) groups is 1. The molecule has 1 amide bonds. The number of halogens is 3. The molecule has 198 valence electrons. The molecule has 0 radical (unpaired) electrons. The maximum Gasteiger partial charge on any atom is 0.416 e. The van der Waals surface area contributed by atoms with Crippen molar-refractivity contribution >= 4 is 17.4 Å². The molecule has 0 spiro atoms. The van der Waals surface area contributed by atoms with Crippen LogP contribution < -0.4 is 16.4 Å². The molecule has 4 N–H and O–H groups in total. The first-order valence-corrected chi connectivity index (χ1v) is 11.8. The van der Waals surface area contributed by atoms with Crippen LogP contribution in [0, 0.1) is 11.8 Å². The van der Waals surface area contributed by atoms with Gasteiger partial charge in [0.2, 0.25) is 0 Å². The zero-order valence-electron chi connectivity index (χ0n) is 20.4. The number of nitrogens with zero attached hydrogens (tertiary/aromatic N) is 4. The monoisotopic (exact) mass is 525 g/mol. The standard InChI is InChI=1S/C26H26F3N7O2/c27-26(28,29)23-12-21(4-2-19(23)14-31-5-6-36-7-9-38-10-8-36)35-25(37)20-11-18(13-32-15-20)1-3-22-16-34-24(30)17-33-22/h2,4,11-13,15-17,31H,5-10,14H2,(H2,30,34)(H,35,37). The summed E-state index contributed by atoms with van der Waals surface area (Å²) in [5, 5.41) is 5.59. The number of benzene rings is 1. The van der Waals surface area contributed by atoms with E-state index in [0.717, 1.165) is 25.7 Å². The molecule has 2 aromatic heterocycles. The number of nitrogen functional groups attached to an aromatic ring is 1. The Labute approximate surface area is 217 Å². The number of carbonyl (C=O) groups excluding carboxylic acids is 1. The lowest BCUT2D eigenvalue weighted by Crippen LogP contribution is -2.40. The number of nitrogens with two attached hydrogens (primary N) is 1. The van der Waals surface area contributed by atoms with Gasteiger partial charge in [-0.05, 0) is 29.7 Å². The van der Waals surface area contributed by atoms with Crippen LogP contribution in [0.3, 0.4) is 0 Å². The number of morpholine rings is 1. The van der Waals surface area contributed by atoms with Gasteiger partial charge in [0.05, 0.1) is 36.7 Å². The van der Waals surface area contributed by atoms with Crippen molar-refractivity contribution in [1.82, 2.24) is 25.2 Å². The highest BCUT2D eigenvalue weighted by Gasteiger charge is 2.33. The molecule has 3 heterocycles. The minimum Gasteiger partial charge on any atom is -0.382 e. The van der Waals surface area contributed by atoms with E-state index in [1.165, 1.54) is 43.0 Å². The van der Waals surface area contributed by atoms with Gasteiger partial charge in [0.1, 0.15) is 11.5 Å². The lowest BCUT2D eigenvalue weighted by atomic mass is 10.1. The van der Waals surface area contributed by atoms with Crippen molar-refractivity contribution in [3.05, 3.63) is 77.0 Å². The summed E-state index contributed by atoms with van der Waals surface area (Å²) in [5.41, 5.74) is 5.75. The van der Waals surface area contributed by atoms with Gasteiger partial charge in [-0.25, -0.2) is 9.97 Å². The van der Waals surface area contributed by atoms with Gasteiger partial charge in [-0.3, -0.25) is 14.7 Å². The van der Waals surface area contributed by atoms with Gasteiger partial charge in [-0.1, -0.05) is 12.0 Å². The molecule has 9 nitrogen and oxygen atoms in total. The van der Waals surface area contributed by atoms with Crippen molar-refractivity contribution < 1.29 is 22.7 Å². The second kappa shape index (κ2) is 12.5. The van der Waals surface area contributed by atoms with E-state index in [2.05, 4.69) is 42.3 Å². The predicted octanol–water partition coefficient (Wildman–Crippen LogP) is 2.55. The average molecular weight is 526 g/mol. The molecule has 4 rings (SSSR count). The maximum absolute atomic E-state index is 13.8. The summed E-state index contributed by atoms with van der Waals surface area (Å²) in [7, 11) is 0. The highest BCUT2D eigenvalue weighted by molar-refractivity contribution is 6.04. The van der Waals surface area contributed by atoms with Crippen LogP contribution in [-0.2, 0) is 17.5 Å². The molecule has 1 fully saturated rings. The summed E-state index contributed by atoms with van der Waals surface area (Å²) >= 11 is 0. The topological polar surface area (TPSA) is 118 Å². The lowest BCUT2D eigenvalue weighted by Gasteiger charge is -2.26. The Balaban J connectivity index is 1.40. The third-order valence-electron chi connectivity index (χ3n) is 5.70. The van der Waals surface area contributed by atoms with E-state index in [-0.39, 0.29) is 29.2 Å². The second-order valence-corrected chi connectivity index (χ2v) is 8.49. The molecule has 1 saturated heterocycles. The van der Waals surface area contributed by atoms with Crippen LogP contribution in [0.5, 0.6) is 0 Å². The molecule has 12 heteroatoms. The fraction of sp³-hybridized carbons (Fsp3) is 0.308. The number of amides is 1. The van der Waals surface area contributed by atoms with Crippen LogP contribution in [-0.4, -0.2) is 65.2 Å². The van der Waals surface area contributed by atoms with E-state index in [1.807, 2.05) is 0 Å². The molecule has 38 heavy (non-hydrogen) atoms. The van der Waals surface area contributed by atoms with Crippen LogP contribution in [0.15, 0.2) is 49.1 Å². The number of hydrogen-bond donors (Lipinski definition) is 3. The largest absolute Gasteiger partial charge is 0.416 e. The van der Waals surface area contributed by atoms with Gasteiger partial charge < -0.3 is 21.1 Å². The summed E-state index contributed by atoms with van der Waals surface area (Å²) in [6.07, 6.45) is 0.962. The SMILES string of the molecule is Nc1cnc(C#Cc2cncc(C(=O)Nc3ccc(CNCCN4CCOCC4)c(C(F)(F)F)c3)c2)cn1. The smallest absolute Gasteiger partial charge is 0.382 e. The average Bonchev–Trinajstić information content (AvgIpc) is 2.91. The summed E-state index contributed by atoms with van der Waals surface area (Å²) in [6.45, 7) is 4.28. The Kier molecular flexibility index (Phi) is 8.85. The number of rotatable bonds is 7. The van der Waals surface area contributed by atoms with Gasteiger partial charge in [0, 0.05) is 56.4 Å². The van der Waals surface area contributed by atoms with Crippen LogP contribution in [0.1, 0.15) is 32.7 Å². The molecule has 0 aliphatic carbocycles. The van der Waals surface area contributed by atoms with Gasteiger partial charge in [-0.15, -0.1) is 0 Å². The normalized spacial score (nSPS) is 14.0. The molecule has 0 saturated carbocycles. The summed E-state index contributed by atoms with van der Waals surface area (Å²) in [5.74, 6) is 5.25. The molecule has 1 aromatic carbocycles. The first kappa shape index (κ1) is 27.0. The summed E-state index contributed by atoms with van der Waals surface area (Å²) < 4.78 is 46.7. The number of ether oxygens (including phenoxy) is 1. The molecule has 0 atom stereocenters. The van der Waals surface area contributed by atoms with Crippen molar-refractivity contribution in [2.24, 2.45) is 0 Å². The minimum atomic E-state index is -4.58. The Morgan fingerprint density at radius 1 is 1.08 bits per heavy atom. The Morgan fingerprint density at radius 3 is 2.63 bits per heavy atom. The number of aromatic nitrogens is 3. The quantitative estimate of drug-likeness (QED) is 0.318. The molecular weight excluding hydrogens is 499 g/mol. The highest BCUT2D eigenvalue weighted by Crippen LogP contribution is 2.34. The van der Waals surface area contributed by atoms with Crippen LogP contribution in [0.2, 0.25) is 0 Å². The third kappa shape index (κ3) is 7.72. The van der Waals surface area contributed by atoms with E-state index in [9.17, 15) is 18.0 Å². The van der Waals surface area contributed by atoms with E-state index < -0.39 is 17.6 Å². The number of alkyl halides is 3. The maximum atomic E-state index is 13.8. The van der Waals surface area contributed by atoms with Gasteiger partial charge in [0.15, 0.2) is 0 Å². The van der Waals surface area contributed by atoms with Crippen molar-refractivity contribution in [2.45, 2.75) is 12.7 Å². The van der Waals surface area contributed by atoms with E-state index in [4.69, 9.17) is 10.5 Å². The molecule has 0 unspecified atom stereocenters. The second-order valence-electron chi connectivity index (χ2n) is 8.49. The summed E-state index contributed by atoms with van der Waals surface area (Å²) in [4.78, 5) is 26.9. The predicted molar refractivity (Wildman–Crippen MR) is 135 cm³/mol. The third-order valence-corrected chi connectivity index (χ3v) is 5.70. The van der Waals surface area contributed by atoms with E-state index in [0.29, 0.717) is 31.0 Å². The fourth-order valence-corrected chi connectivity index (χ4v) is 3.73. The molecule has 3 aromatic rings. The van der Waals surface area contributed by atoms with Crippen molar-refractivity contribution in [3.63, 3.8) is 0 Å². The zero-order valence-corrected chi connectivity index (χ0v) is 20.4. The first-order chi connectivity index (χ1) is 18.3. The van der Waals surface area contributed by atoms with Gasteiger partial charge in [-0.2, -0.15) is 13.2 Å². The zero-order chi connectivity index (χ0) is 27.0. The number of nitrogens with one attached hydrogen (secondary N) is 2. The van der Waals surface area contributed by atoms with Crippen LogP contribution in [0.25, 0.3) is 0 Å². The van der Waals surface area contributed by atoms with E-state index >= 15 is 0 Å². The number of anilines is 2. The van der Waals surface area contributed by atoms with Gasteiger partial charge >= 0.3 is 6.18 Å². The number of hydrogen-bond acceptors (Lipinski definition) is 8. The molecule has 1 aliphatic heterocycles. The molecular formula is C26H26F3N7O2. The number of pyridine rings is 1.